The first-order chi connectivity index (χ1) is 8.97. The lowest BCUT2D eigenvalue weighted by molar-refractivity contribution is 0.0623. The summed E-state index contributed by atoms with van der Waals surface area (Å²) in [6.07, 6.45) is 1.20. The summed E-state index contributed by atoms with van der Waals surface area (Å²) in [5.74, 6) is 1.25. The first kappa shape index (κ1) is 14.0. The molecule has 2 atom stereocenters. The van der Waals surface area contributed by atoms with E-state index >= 15 is 0 Å². The van der Waals surface area contributed by atoms with Crippen LogP contribution in [0.25, 0.3) is 0 Å². The fraction of sp³-hybridized carbons (Fsp3) is 0.467. The van der Waals surface area contributed by atoms with Crippen LogP contribution in [0.1, 0.15) is 36.2 Å². The van der Waals surface area contributed by atoms with Crippen molar-refractivity contribution in [3.05, 3.63) is 35.4 Å². The lowest BCUT2D eigenvalue weighted by Crippen LogP contribution is -2.42. The van der Waals surface area contributed by atoms with Crippen LogP contribution >= 0.6 is 12.2 Å². The van der Waals surface area contributed by atoms with E-state index in [1.165, 1.54) is 6.42 Å². The van der Waals surface area contributed by atoms with Crippen molar-refractivity contribution in [1.82, 2.24) is 4.90 Å². The molecule has 2 unspecified atom stereocenters. The van der Waals surface area contributed by atoms with E-state index in [-0.39, 0.29) is 5.91 Å². The van der Waals surface area contributed by atoms with Crippen molar-refractivity contribution in [3.63, 3.8) is 0 Å². The molecule has 1 aliphatic heterocycles. The number of carbonyl (C=O) groups is 1. The molecule has 3 nitrogen and oxygen atoms in total. The predicted molar refractivity (Wildman–Crippen MR) is 81.2 cm³/mol. The third kappa shape index (κ3) is 3.32. The van der Waals surface area contributed by atoms with E-state index in [9.17, 15) is 4.79 Å². The smallest absolute Gasteiger partial charge is 0.253 e. The SMILES string of the molecule is CC1CC(C)CN(C(=O)c2ccc(C(N)=S)cc2)C1. The van der Waals surface area contributed by atoms with E-state index in [1.54, 1.807) is 12.1 Å². The maximum atomic E-state index is 12.4. The third-order valence-corrected chi connectivity index (χ3v) is 3.81. The van der Waals surface area contributed by atoms with Gasteiger partial charge in [0.15, 0.2) is 0 Å². The van der Waals surface area contributed by atoms with Crippen LogP contribution in [0, 0.1) is 11.8 Å². The second kappa shape index (κ2) is 5.70. The molecule has 1 aromatic carbocycles. The zero-order chi connectivity index (χ0) is 14.0. The zero-order valence-electron chi connectivity index (χ0n) is 11.4. The highest BCUT2D eigenvalue weighted by atomic mass is 32.1. The van der Waals surface area contributed by atoms with Crippen molar-refractivity contribution in [1.29, 1.82) is 0 Å². The molecule has 19 heavy (non-hydrogen) atoms. The summed E-state index contributed by atoms with van der Waals surface area (Å²) in [5.41, 5.74) is 7.06. The van der Waals surface area contributed by atoms with Gasteiger partial charge in [-0.15, -0.1) is 0 Å². The molecule has 1 aromatic rings. The minimum atomic E-state index is 0.105. The average Bonchev–Trinajstić information content (AvgIpc) is 2.37. The first-order valence-electron chi connectivity index (χ1n) is 6.66. The van der Waals surface area contributed by atoms with Gasteiger partial charge in [0.2, 0.25) is 0 Å². The molecule has 1 heterocycles. The van der Waals surface area contributed by atoms with E-state index in [4.69, 9.17) is 18.0 Å². The standard InChI is InChI=1S/C15H20N2OS/c1-10-7-11(2)9-17(8-10)15(18)13-5-3-12(4-6-13)14(16)19/h3-6,10-11H,7-9H2,1-2H3,(H2,16,19). The lowest BCUT2D eigenvalue weighted by atomic mass is 9.91. The maximum Gasteiger partial charge on any atom is 0.253 e. The normalized spacial score (nSPS) is 23.2. The van der Waals surface area contributed by atoms with Crippen LogP contribution in [0.4, 0.5) is 0 Å². The van der Waals surface area contributed by atoms with Crippen molar-refractivity contribution in [2.75, 3.05) is 13.1 Å². The summed E-state index contributed by atoms with van der Waals surface area (Å²) >= 11 is 4.91. The number of nitrogens with two attached hydrogens (primary N) is 1. The Morgan fingerprint density at radius 2 is 1.63 bits per heavy atom. The molecule has 0 aliphatic carbocycles. The second-order valence-electron chi connectivity index (χ2n) is 5.60. The Morgan fingerprint density at radius 1 is 1.16 bits per heavy atom. The summed E-state index contributed by atoms with van der Waals surface area (Å²) in [5, 5.41) is 0. The van der Waals surface area contributed by atoms with E-state index in [0.29, 0.717) is 22.4 Å². The van der Waals surface area contributed by atoms with Crippen LogP contribution in [-0.2, 0) is 0 Å². The Bertz CT molecular complexity index is 473. The molecule has 0 aromatic heterocycles. The van der Waals surface area contributed by atoms with E-state index in [0.717, 1.165) is 18.7 Å². The van der Waals surface area contributed by atoms with Crippen molar-refractivity contribution in [2.45, 2.75) is 20.3 Å². The Hall–Kier alpha value is -1.42. The number of benzene rings is 1. The van der Waals surface area contributed by atoms with Gasteiger partial charge in [-0.05, 0) is 30.4 Å². The summed E-state index contributed by atoms with van der Waals surface area (Å²) in [4.78, 5) is 14.7. The van der Waals surface area contributed by atoms with Crippen molar-refractivity contribution >= 4 is 23.1 Å². The van der Waals surface area contributed by atoms with Crippen LogP contribution in [0.15, 0.2) is 24.3 Å². The molecule has 102 valence electrons. The van der Waals surface area contributed by atoms with Gasteiger partial charge in [-0.2, -0.15) is 0 Å². The molecular formula is C15H20N2OS. The van der Waals surface area contributed by atoms with Gasteiger partial charge in [-0.25, -0.2) is 0 Å². The van der Waals surface area contributed by atoms with Gasteiger partial charge in [0.25, 0.3) is 5.91 Å². The first-order valence-corrected chi connectivity index (χ1v) is 7.07. The topological polar surface area (TPSA) is 46.3 Å². The van der Waals surface area contributed by atoms with Gasteiger partial charge in [0.1, 0.15) is 4.99 Å². The highest BCUT2D eigenvalue weighted by Gasteiger charge is 2.25. The fourth-order valence-electron chi connectivity index (χ4n) is 2.79. The van der Waals surface area contributed by atoms with Gasteiger partial charge in [0.05, 0.1) is 0 Å². The van der Waals surface area contributed by atoms with Crippen LogP contribution in [0.5, 0.6) is 0 Å². The van der Waals surface area contributed by atoms with Gasteiger partial charge < -0.3 is 10.6 Å². The zero-order valence-corrected chi connectivity index (χ0v) is 12.2. The summed E-state index contributed by atoms with van der Waals surface area (Å²) in [6, 6.07) is 7.24. The fourth-order valence-corrected chi connectivity index (χ4v) is 2.92. The Morgan fingerprint density at radius 3 is 2.11 bits per heavy atom. The van der Waals surface area contributed by atoms with Crippen LogP contribution in [0.3, 0.4) is 0 Å². The largest absolute Gasteiger partial charge is 0.389 e. The van der Waals surface area contributed by atoms with Gasteiger partial charge in [-0.3, -0.25) is 4.79 Å². The maximum absolute atomic E-state index is 12.4. The molecular weight excluding hydrogens is 256 g/mol. The minimum absolute atomic E-state index is 0.105. The highest BCUT2D eigenvalue weighted by Crippen LogP contribution is 2.22. The molecule has 0 bridgehead atoms. The summed E-state index contributed by atoms with van der Waals surface area (Å²) in [7, 11) is 0. The lowest BCUT2D eigenvalue weighted by Gasteiger charge is -2.35. The van der Waals surface area contributed by atoms with Crippen molar-refractivity contribution in [2.24, 2.45) is 17.6 Å². The van der Waals surface area contributed by atoms with Gasteiger partial charge in [-0.1, -0.05) is 38.2 Å². The number of thiocarbonyl (C=S) groups is 1. The average molecular weight is 276 g/mol. The number of rotatable bonds is 2. The molecule has 0 spiro atoms. The van der Waals surface area contributed by atoms with Gasteiger partial charge >= 0.3 is 0 Å². The number of carbonyl (C=O) groups excluding carboxylic acids is 1. The Balaban J connectivity index is 2.12. The molecule has 0 saturated carbocycles. The molecule has 4 heteroatoms. The molecule has 2 rings (SSSR count). The van der Waals surface area contributed by atoms with E-state index in [1.807, 2.05) is 17.0 Å². The number of hydrogen-bond acceptors (Lipinski definition) is 2. The Kier molecular flexibility index (Phi) is 4.20. The Labute approximate surface area is 119 Å². The number of amides is 1. The summed E-state index contributed by atoms with van der Waals surface area (Å²) in [6.45, 7) is 6.10. The molecule has 1 aliphatic rings. The highest BCUT2D eigenvalue weighted by molar-refractivity contribution is 7.80. The van der Waals surface area contributed by atoms with Gasteiger partial charge in [0, 0.05) is 24.2 Å². The van der Waals surface area contributed by atoms with Crippen molar-refractivity contribution < 1.29 is 4.79 Å². The second-order valence-corrected chi connectivity index (χ2v) is 6.04. The number of hydrogen-bond donors (Lipinski definition) is 1. The quantitative estimate of drug-likeness (QED) is 0.844. The molecule has 1 fully saturated rings. The monoisotopic (exact) mass is 276 g/mol. The van der Waals surface area contributed by atoms with E-state index < -0.39 is 0 Å². The number of likely N-dealkylation sites (tertiary alicyclic amines) is 1. The molecule has 1 saturated heterocycles. The van der Waals surface area contributed by atoms with Crippen LogP contribution < -0.4 is 5.73 Å². The third-order valence-electron chi connectivity index (χ3n) is 3.57. The van der Waals surface area contributed by atoms with Crippen LogP contribution in [-0.4, -0.2) is 28.9 Å². The van der Waals surface area contributed by atoms with Crippen LogP contribution in [0.2, 0.25) is 0 Å². The molecule has 0 radical (unpaired) electrons. The molecule has 2 N–H and O–H groups in total. The van der Waals surface area contributed by atoms with Crippen molar-refractivity contribution in [3.8, 4) is 0 Å². The summed E-state index contributed by atoms with van der Waals surface area (Å²) < 4.78 is 0. The number of nitrogens with zero attached hydrogens (tertiary/aromatic N) is 1. The minimum Gasteiger partial charge on any atom is -0.389 e. The molecule has 1 amide bonds. The predicted octanol–water partition coefficient (Wildman–Crippen LogP) is 2.44. The number of piperidine rings is 1. The van der Waals surface area contributed by atoms with E-state index in [2.05, 4.69) is 13.8 Å².